The molecule has 0 saturated carbocycles. The molecule has 0 atom stereocenters. The fourth-order valence-electron chi connectivity index (χ4n) is 3.12. The molecule has 28 heavy (non-hydrogen) atoms. The average molecular weight is 406 g/mol. The quantitative estimate of drug-likeness (QED) is 0.470. The number of fused-ring (bicyclic) bond motifs is 2. The molecule has 4 heterocycles. The predicted octanol–water partition coefficient (Wildman–Crippen LogP) is 4.71. The lowest BCUT2D eigenvalue weighted by atomic mass is 10.1. The number of thiazole rings is 1. The van der Waals surface area contributed by atoms with Gasteiger partial charge < -0.3 is 0 Å². The summed E-state index contributed by atoms with van der Waals surface area (Å²) in [5.74, 6) is -0.203. The molecule has 0 saturated heterocycles. The van der Waals surface area contributed by atoms with Crippen molar-refractivity contribution in [2.75, 3.05) is 5.32 Å². The highest BCUT2D eigenvalue weighted by atomic mass is 32.1. The van der Waals surface area contributed by atoms with Gasteiger partial charge in [0.05, 0.1) is 33.9 Å². The van der Waals surface area contributed by atoms with Crippen molar-refractivity contribution in [1.82, 2.24) is 19.7 Å². The first-order valence-corrected chi connectivity index (χ1v) is 10.4. The van der Waals surface area contributed by atoms with Crippen molar-refractivity contribution >= 4 is 55.0 Å². The van der Waals surface area contributed by atoms with Gasteiger partial charge in [-0.05, 0) is 36.6 Å². The summed E-state index contributed by atoms with van der Waals surface area (Å²) in [6.45, 7) is 2.52. The van der Waals surface area contributed by atoms with Gasteiger partial charge in [0.2, 0.25) is 0 Å². The number of benzene rings is 1. The van der Waals surface area contributed by atoms with E-state index < -0.39 is 0 Å². The van der Waals surface area contributed by atoms with Gasteiger partial charge >= 0.3 is 0 Å². The molecule has 0 aliphatic heterocycles. The lowest BCUT2D eigenvalue weighted by molar-refractivity contribution is 0.102. The van der Waals surface area contributed by atoms with Crippen LogP contribution in [0.1, 0.15) is 20.9 Å². The zero-order valence-corrected chi connectivity index (χ0v) is 16.5. The Hall–Kier alpha value is -3.10. The summed E-state index contributed by atoms with van der Waals surface area (Å²) >= 11 is 3.13. The van der Waals surface area contributed by atoms with Crippen LogP contribution < -0.4 is 5.32 Å². The minimum absolute atomic E-state index is 0.203. The third kappa shape index (κ3) is 3.06. The number of carbonyl (C=O) groups is 1. The molecule has 1 amide bonds. The SMILES string of the molecule is Cc1cc(C(=O)Nc2nc3ccccc3s2)c2cnn(Cc3cccs3)c2n1. The first-order chi connectivity index (χ1) is 13.7. The van der Waals surface area contributed by atoms with Crippen molar-refractivity contribution in [3.8, 4) is 0 Å². The van der Waals surface area contributed by atoms with Crippen molar-refractivity contribution in [3.63, 3.8) is 0 Å². The van der Waals surface area contributed by atoms with E-state index >= 15 is 0 Å². The van der Waals surface area contributed by atoms with E-state index in [-0.39, 0.29) is 5.91 Å². The summed E-state index contributed by atoms with van der Waals surface area (Å²) in [5.41, 5.74) is 2.92. The second kappa shape index (κ2) is 6.81. The first kappa shape index (κ1) is 17.0. The fraction of sp³-hybridized carbons (Fsp3) is 0.100. The Morgan fingerprint density at radius 1 is 1.18 bits per heavy atom. The minimum Gasteiger partial charge on any atom is -0.298 e. The van der Waals surface area contributed by atoms with Gasteiger partial charge in [-0.25, -0.2) is 14.6 Å². The molecule has 0 fully saturated rings. The molecular formula is C20H15N5OS2. The van der Waals surface area contributed by atoms with Crippen LogP contribution in [0.4, 0.5) is 5.13 Å². The van der Waals surface area contributed by atoms with E-state index in [2.05, 4.69) is 26.4 Å². The molecule has 4 aromatic heterocycles. The number of para-hydroxylation sites is 1. The van der Waals surface area contributed by atoms with Gasteiger partial charge in [0.15, 0.2) is 10.8 Å². The molecule has 8 heteroatoms. The smallest absolute Gasteiger partial charge is 0.258 e. The number of nitrogens with zero attached hydrogens (tertiary/aromatic N) is 4. The van der Waals surface area contributed by atoms with E-state index in [9.17, 15) is 4.79 Å². The molecule has 0 aliphatic rings. The Morgan fingerprint density at radius 3 is 2.89 bits per heavy atom. The van der Waals surface area contributed by atoms with E-state index in [1.165, 1.54) is 16.2 Å². The van der Waals surface area contributed by atoms with Gasteiger partial charge in [-0.1, -0.05) is 29.5 Å². The molecule has 0 aliphatic carbocycles. The van der Waals surface area contributed by atoms with Crippen LogP contribution in [0, 0.1) is 6.92 Å². The number of pyridine rings is 1. The van der Waals surface area contributed by atoms with Gasteiger partial charge in [-0.3, -0.25) is 10.1 Å². The zero-order chi connectivity index (χ0) is 19.1. The summed E-state index contributed by atoms with van der Waals surface area (Å²) < 4.78 is 2.88. The zero-order valence-electron chi connectivity index (χ0n) is 14.9. The fourth-order valence-corrected chi connectivity index (χ4v) is 4.66. The highest BCUT2D eigenvalue weighted by Crippen LogP contribution is 2.27. The van der Waals surface area contributed by atoms with Crippen LogP contribution in [-0.4, -0.2) is 25.7 Å². The number of hydrogen-bond donors (Lipinski definition) is 1. The lowest BCUT2D eigenvalue weighted by Crippen LogP contribution is -2.13. The summed E-state index contributed by atoms with van der Waals surface area (Å²) in [4.78, 5) is 23.3. The number of thiophene rings is 1. The highest BCUT2D eigenvalue weighted by Gasteiger charge is 2.17. The molecule has 0 radical (unpaired) electrons. The van der Waals surface area contributed by atoms with E-state index in [4.69, 9.17) is 0 Å². The van der Waals surface area contributed by atoms with E-state index in [1.807, 2.05) is 47.3 Å². The molecule has 0 unspecified atom stereocenters. The van der Waals surface area contributed by atoms with Gasteiger partial charge in [0, 0.05) is 10.6 Å². The normalized spacial score (nSPS) is 11.3. The van der Waals surface area contributed by atoms with Crippen LogP contribution in [0.25, 0.3) is 21.3 Å². The second-order valence-corrected chi connectivity index (χ2v) is 8.43. The third-order valence-corrected chi connectivity index (χ3v) is 6.19. The highest BCUT2D eigenvalue weighted by molar-refractivity contribution is 7.22. The standard InChI is InChI=1S/C20H15N5OS2/c1-12-9-14(19(26)24-20-23-16-6-2-3-7-17(16)28-20)15-10-21-25(18(15)22-12)11-13-5-4-8-27-13/h2-10H,11H2,1H3,(H,23,24,26). The van der Waals surface area contributed by atoms with Crippen LogP contribution in [0.3, 0.4) is 0 Å². The second-order valence-electron chi connectivity index (χ2n) is 6.37. The van der Waals surface area contributed by atoms with Gasteiger partial charge in [0.1, 0.15) is 0 Å². The molecule has 5 rings (SSSR count). The molecular weight excluding hydrogens is 390 g/mol. The third-order valence-electron chi connectivity index (χ3n) is 4.38. The molecule has 1 aromatic carbocycles. The maximum Gasteiger partial charge on any atom is 0.258 e. The number of rotatable bonds is 4. The Morgan fingerprint density at radius 2 is 2.07 bits per heavy atom. The van der Waals surface area contributed by atoms with Crippen molar-refractivity contribution in [3.05, 3.63) is 70.2 Å². The summed E-state index contributed by atoms with van der Waals surface area (Å²) in [6, 6.07) is 13.7. The molecule has 138 valence electrons. The molecule has 1 N–H and O–H groups in total. The summed E-state index contributed by atoms with van der Waals surface area (Å²) in [6.07, 6.45) is 1.71. The van der Waals surface area contributed by atoms with Crippen LogP contribution in [0.2, 0.25) is 0 Å². The Balaban J connectivity index is 1.50. The topological polar surface area (TPSA) is 72.7 Å². The van der Waals surface area contributed by atoms with Crippen molar-refractivity contribution < 1.29 is 4.79 Å². The first-order valence-electron chi connectivity index (χ1n) is 8.70. The number of anilines is 1. The number of amides is 1. The minimum atomic E-state index is -0.203. The number of hydrogen-bond acceptors (Lipinski definition) is 6. The van der Waals surface area contributed by atoms with Crippen LogP contribution >= 0.6 is 22.7 Å². The van der Waals surface area contributed by atoms with Crippen molar-refractivity contribution in [1.29, 1.82) is 0 Å². The largest absolute Gasteiger partial charge is 0.298 e. The summed E-state index contributed by atoms with van der Waals surface area (Å²) in [5, 5.41) is 10.7. The Kier molecular flexibility index (Phi) is 4.14. The average Bonchev–Trinajstić information content (AvgIpc) is 3.41. The monoisotopic (exact) mass is 405 g/mol. The molecule has 6 nitrogen and oxygen atoms in total. The van der Waals surface area contributed by atoms with Gasteiger partial charge in [0.25, 0.3) is 5.91 Å². The van der Waals surface area contributed by atoms with Crippen molar-refractivity contribution in [2.45, 2.75) is 13.5 Å². The van der Waals surface area contributed by atoms with Gasteiger partial charge in [-0.2, -0.15) is 5.10 Å². The van der Waals surface area contributed by atoms with Crippen LogP contribution in [0.15, 0.2) is 54.0 Å². The Bertz CT molecular complexity index is 1270. The van der Waals surface area contributed by atoms with Gasteiger partial charge in [-0.15, -0.1) is 11.3 Å². The number of aryl methyl sites for hydroxylation is 1. The van der Waals surface area contributed by atoms with Crippen LogP contribution in [0.5, 0.6) is 0 Å². The lowest BCUT2D eigenvalue weighted by Gasteiger charge is -2.06. The Labute approximate surface area is 168 Å². The molecule has 0 bridgehead atoms. The van der Waals surface area contributed by atoms with Crippen LogP contribution in [-0.2, 0) is 6.54 Å². The van der Waals surface area contributed by atoms with E-state index in [0.717, 1.165) is 21.3 Å². The molecule has 0 spiro atoms. The number of carbonyl (C=O) groups excluding carboxylic acids is 1. The maximum atomic E-state index is 13.0. The molecule has 5 aromatic rings. The number of nitrogens with one attached hydrogen (secondary N) is 1. The predicted molar refractivity (Wildman–Crippen MR) is 113 cm³/mol. The summed E-state index contributed by atoms with van der Waals surface area (Å²) in [7, 11) is 0. The number of aromatic nitrogens is 4. The van der Waals surface area contributed by atoms with E-state index in [0.29, 0.717) is 22.9 Å². The van der Waals surface area contributed by atoms with Crippen molar-refractivity contribution in [2.24, 2.45) is 0 Å². The maximum absolute atomic E-state index is 13.0. The van der Waals surface area contributed by atoms with E-state index in [1.54, 1.807) is 23.6 Å².